The fourth-order valence-corrected chi connectivity index (χ4v) is 4.96. The summed E-state index contributed by atoms with van der Waals surface area (Å²) in [4.78, 5) is 0.240. The third-order valence-corrected chi connectivity index (χ3v) is 5.82. The summed E-state index contributed by atoms with van der Waals surface area (Å²) in [5.74, 6) is 1.15. The number of nitrogens with one attached hydrogen (secondary N) is 1. The van der Waals surface area contributed by atoms with Crippen LogP contribution < -0.4 is 14.2 Å². The van der Waals surface area contributed by atoms with Crippen molar-refractivity contribution in [2.75, 3.05) is 17.9 Å². The predicted molar refractivity (Wildman–Crippen MR) is 91.6 cm³/mol. The van der Waals surface area contributed by atoms with Crippen LogP contribution in [0.25, 0.3) is 0 Å². The largest absolute Gasteiger partial charge is 0.493 e. The first-order chi connectivity index (χ1) is 11.4. The van der Waals surface area contributed by atoms with E-state index in [2.05, 4.69) is 4.72 Å². The van der Waals surface area contributed by atoms with Gasteiger partial charge in [0, 0.05) is 29.7 Å². The highest BCUT2D eigenvalue weighted by Crippen LogP contribution is 2.43. The van der Waals surface area contributed by atoms with Crippen LogP contribution >= 0.6 is 0 Å². The molecule has 1 N–H and O–H groups in total. The smallest absolute Gasteiger partial charge is 0.266 e. The molecule has 0 spiro atoms. The molecule has 2 aliphatic rings. The molecule has 6 heteroatoms. The van der Waals surface area contributed by atoms with Crippen LogP contribution in [0.1, 0.15) is 22.3 Å². The Morgan fingerprint density at radius 3 is 2.42 bits per heavy atom. The molecule has 0 fully saturated rings. The van der Waals surface area contributed by atoms with Gasteiger partial charge in [-0.05, 0) is 43.2 Å². The van der Waals surface area contributed by atoms with Gasteiger partial charge in [-0.25, -0.2) is 8.42 Å². The van der Waals surface area contributed by atoms with Gasteiger partial charge in [-0.1, -0.05) is 6.07 Å². The number of ether oxygens (including phenoxy) is 2. The van der Waals surface area contributed by atoms with Crippen molar-refractivity contribution < 1.29 is 17.9 Å². The predicted octanol–water partition coefficient (Wildman–Crippen LogP) is 2.97. The molecular formula is C18H19NO4S. The summed E-state index contributed by atoms with van der Waals surface area (Å²) < 4.78 is 40.2. The zero-order chi connectivity index (χ0) is 16.9. The summed E-state index contributed by atoms with van der Waals surface area (Å²) in [6, 6.07) is 7.57. The molecule has 4 rings (SSSR count). The van der Waals surface area contributed by atoms with Crippen LogP contribution in [-0.4, -0.2) is 21.6 Å². The second-order valence-electron chi connectivity index (χ2n) is 6.35. The van der Waals surface area contributed by atoms with Gasteiger partial charge in [-0.15, -0.1) is 0 Å². The van der Waals surface area contributed by atoms with Crippen molar-refractivity contribution >= 4 is 15.7 Å². The maximum atomic E-state index is 13.1. The third kappa shape index (κ3) is 2.51. The van der Waals surface area contributed by atoms with Crippen LogP contribution in [0, 0.1) is 13.8 Å². The zero-order valence-corrected chi connectivity index (χ0v) is 14.5. The first-order valence-electron chi connectivity index (χ1n) is 7.99. The average Bonchev–Trinajstić information content (AvgIpc) is 3.10. The van der Waals surface area contributed by atoms with E-state index in [1.807, 2.05) is 38.1 Å². The van der Waals surface area contributed by atoms with Gasteiger partial charge in [0.2, 0.25) is 0 Å². The van der Waals surface area contributed by atoms with Crippen LogP contribution in [-0.2, 0) is 22.9 Å². The first-order valence-corrected chi connectivity index (χ1v) is 9.48. The highest BCUT2D eigenvalue weighted by Gasteiger charge is 2.33. The number of hydrogen-bond acceptors (Lipinski definition) is 4. The van der Waals surface area contributed by atoms with E-state index in [0.29, 0.717) is 48.8 Å². The Bertz CT molecular complexity index is 882. The van der Waals surface area contributed by atoms with Crippen LogP contribution in [0.15, 0.2) is 29.2 Å². The molecular weight excluding hydrogens is 326 g/mol. The summed E-state index contributed by atoms with van der Waals surface area (Å²) in [5.41, 5.74) is 4.20. The van der Waals surface area contributed by atoms with Crippen molar-refractivity contribution in [3.63, 3.8) is 0 Å². The van der Waals surface area contributed by atoms with E-state index in [9.17, 15) is 8.42 Å². The van der Waals surface area contributed by atoms with Crippen molar-refractivity contribution in [2.45, 2.75) is 31.6 Å². The van der Waals surface area contributed by atoms with Gasteiger partial charge in [0.25, 0.3) is 10.0 Å². The van der Waals surface area contributed by atoms with E-state index in [1.165, 1.54) is 0 Å². The number of hydrogen-bond donors (Lipinski definition) is 1. The molecule has 24 heavy (non-hydrogen) atoms. The number of benzene rings is 2. The average molecular weight is 345 g/mol. The maximum Gasteiger partial charge on any atom is 0.266 e. The quantitative estimate of drug-likeness (QED) is 0.929. The normalized spacial score (nSPS) is 15.4. The molecule has 0 aliphatic carbocycles. The third-order valence-electron chi connectivity index (χ3n) is 4.34. The number of sulfonamides is 1. The fraction of sp³-hybridized carbons (Fsp3) is 0.333. The molecule has 2 heterocycles. The standard InChI is InChI=1S/C18H19NO4S/c1-11-7-12(2)9-14(8-11)19-24(20,21)18-15-4-6-22-16(15)10-13-3-5-23-17(13)18/h7-10,19H,3-6H2,1-2H3. The van der Waals surface area contributed by atoms with Crippen LogP contribution in [0.3, 0.4) is 0 Å². The van der Waals surface area contributed by atoms with Gasteiger partial charge in [-0.3, -0.25) is 4.72 Å². The lowest BCUT2D eigenvalue weighted by molar-refractivity contribution is 0.348. The van der Waals surface area contributed by atoms with Gasteiger partial charge >= 0.3 is 0 Å². The molecule has 0 bridgehead atoms. The number of fused-ring (bicyclic) bond motifs is 2. The van der Waals surface area contributed by atoms with Gasteiger partial charge in [0.15, 0.2) is 0 Å². The highest BCUT2D eigenvalue weighted by molar-refractivity contribution is 7.92. The second kappa shape index (κ2) is 5.41. The van der Waals surface area contributed by atoms with Gasteiger partial charge in [0.05, 0.1) is 13.2 Å². The lowest BCUT2D eigenvalue weighted by Crippen LogP contribution is -2.16. The minimum Gasteiger partial charge on any atom is -0.493 e. The lowest BCUT2D eigenvalue weighted by atomic mass is 10.1. The molecule has 0 aromatic heterocycles. The molecule has 5 nitrogen and oxygen atoms in total. The topological polar surface area (TPSA) is 64.6 Å². The van der Waals surface area contributed by atoms with Crippen LogP contribution in [0.5, 0.6) is 11.5 Å². The molecule has 0 amide bonds. The second-order valence-corrected chi connectivity index (χ2v) is 7.97. The van der Waals surface area contributed by atoms with Crippen molar-refractivity contribution in [2.24, 2.45) is 0 Å². The molecule has 2 aliphatic heterocycles. The maximum absolute atomic E-state index is 13.1. The summed E-state index contributed by atoms with van der Waals surface area (Å²) in [6.45, 7) is 4.90. The lowest BCUT2D eigenvalue weighted by Gasteiger charge is -2.15. The van der Waals surface area contributed by atoms with Crippen molar-refractivity contribution in [3.05, 3.63) is 46.5 Å². The SMILES string of the molecule is Cc1cc(C)cc(NS(=O)(=O)c2c3c(cc4c2OCC4)OCC3)c1. The summed E-state index contributed by atoms with van der Waals surface area (Å²) >= 11 is 0. The van der Waals surface area contributed by atoms with E-state index in [1.54, 1.807) is 0 Å². The Labute approximate surface area is 141 Å². The molecule has 0 radical (unpaired) electrons. The van der Waals surface area contributed by atoms with Gasteiger partial charge in [-0.2, -0.15) is 0 Å². The molecule has 0 atom stereocenters. The Kier molecular flexibility index (Phi) is 3.46. The molecule has 2 aromatic rings. The van der Waals surface area contributed by atoms with E-state index in [-0.39, 0.29) is 4.90 Å². The number of anilines is 1. The van der Waals surface area contributed by atoms with Gasteiger partial charge in [0.1, 0.15) is 16.4 Å². The van der Waals surface area contributed by atoms with Gasteiger partial charge < -0.3 is 9.47 Å². The minimum absolute atomic E-state index is 0.240. The Balaban J connectivity index is 1.83. The van der Waals surface area contributed by atoms with E-state index in [4.69, 9.17) is 9.47 Å². The van der Waals surface area contributed by atoms with Crippen LogP contribution in [0.2, 0.25) is 0 Å². The summed E-state index contributed by atoms with van der Waals surface area (Å²) in [7, 11) is -3.75. The van der Waals surface area contributed by atoms with Crippen LogP contribution in [0.4, 0.5) is 5.69 Å². The van der Waals surface area contributed by atoms with E-state index >= 15 is 0 Å². The highest BCUT2D eigenvalue weighted by atomic mass is 32.2. The van der Waals surface area contributed by atoms with Crippen molar-refractivity contribution in [1.29, 1.82) is 0 Å². The Morgan fingerprint density at radius 1 is 0.958 bits per heavy atom. The van der Waals surface area contributed by atoms with E-state index < -0.39 is 10.0 Å². The molecule has 0 saturated heterocycles. The zero-order valence-electron chi connectivity index (χ0n) is 13.7. The number of aryl methyl sites for hydroxylation is 2. The molecule has 0 saturated carbocycles. The summed E-state index contributed by atoms with van der Waals surface area (Å²) in [6.07, 6.45) is 1.28. The Hall–Kier alpha value is -2.21. The molecule has 0 unspecified atom stereocenters. The molecule has 126 valence electrons. The monoisotopic (exact) mass is 345 g/mol. The van der Waals surface area contributed by atoms with Crippen molar-refractivity contribution in [3.8, 4) is 11.5 Å². The van der Waals surface area contributed by atoms with E-state index in [0.717, 1.165) is 16.7 Å². The van der Waals surface area contributed by atoms with Crippen molar-refractivity contribution in [1.82, 2.24) is 0 Å². The summed E-state index contributed by atoms with van der Waals surface area (Å²) in [5, 5.41) is 0. The minimum atomic E-state index is -3.75. The number of rotatable bonds is 3. The first kappa shape index (κ1) is 15.3. The molecule has 2 aromatic carbocycles. The Morgan fingerprint density at radius 2 is 1.67 bits per heavy atom. The fourth-order valence-electron chi connectivity index (χ4n) is 3.47.